The van der Waals surface area contributed by atoms with Crippen LogP contribution in [0.5, 0.6) is 0 Å². The minimum Gasteiger partial charge on any atom is -0.226 e. The summed E-state index contributed by atoms with van der Waals surface area (Å²) in [6.07, 6.45) is 0. The molecule has 0 amide bonds. The zero-order valence-electron chi connectivity index (χ0n) is 4.84. The summed E-state index contributed by atoms with van der Waals surface area (Å²) in [6, 6.07) is 3.32. The molecule has 9 heavy (non-hydrogen) atoms. The van der Waals surface area contributed by atoms with Crippen LogP contribution in [0.15, 0.2) is 11.3 Å². The Kier molecular flexibility index (Phi) is 2.60. The van der Waals surface area contributed by atoms with Gasteiger partial charge in [0.1, 0.15) is 0 Å². The van der Waals surface area contributed by atoms with Crippen LogP contribution in [0.1, 0.15) is 6.92 Å². The molecule has 0 saturated heterocycles. The van der Waals surface area contributed by atoms with Crippen molar-refractivity contribution in [2.75, 3.05) is 0 Å². The van der Waals surface area contributed by atoms with Crippen molar-refractivity contribution in [3.63, 3.8) is 0 Å². The van der Waals surface area contributed by atoms with E-state index in [4.69, 9.17) is 17.1 Å². The van der Waals surface area contributed by atoms with Crippen molar-refractivity contribution in [3.05, 3.63) is 22.7 Å². The molecule has 0 aromatic heterocycles. The van der Waals surface area contributed by atoms with E-state index in [-0.39, 0.29) is 11.3 Å². The lowest BCUT2D eigenvalue weighted by atomic mass is 10.3. The minimum atomic E-state index is -0.127. The lowest BCUT2D eigenvalue weighted by Gasteiger charge is -1.79. The second-order valence-corrected chi connectivity index (χ2v) is 1.31. The van der Waals surface area contributed by atoms with E-state index in [2.05, 4.69) is 4.85 Å². The monoisotopic (exact) mass is 117 g/mol. The average Bonchev–Trinajstić information content (AvgIpc) is 1.90. The fraction of sp³-hybridized carbons (Fsp3) is 0.167. The number of hydrogen-bond acceptors (Lipinski definition) is 2. The van der Waals surface area contributed by atoms with Crippen molar-refractivity contribution in [1.82, 2.24) is 0 Å². The van der Waals surface area contributed by atoms with Gasteiger partial charge in [0.05, 0.1) is 18.7 Å². The molecule has 0 atom stereocenters. The molecule has 0 saturated carbocycles. The summed E-state index contributed by atoms with van der Waals surface area (Å²) in [4.78, 5) is 2.82. The molecular weight excluding hydrogens is 114 g/mol. The minimum absolute atomic E-state index is 0.127. The maximum Gasteiger partial charge on any atom is 0.275 e. The van der Waals surface area contributed by atoms with Gasteiger partial charge in [-0.15, -0.1) is 0 Å². The van der Waals surface area contributed by atoms with Crippen LogP contribution < -0.4 is 0 Å². The Balaban J connectivity index is 4.78. The predicted octanol–water partition coefficient (Wildman–Crippen LogP) is 1.23. The molecule has 0 fully saturated rings. The van der Waals surface area contributed by atoms with Crippen LogP contribution in [0.4, 0.5) is 0 Å². The van der Waals surface area contributed by atoms with Gasteiger partial charge in [0, 0.05) is 5.57 Å². The summed E-state index contributed by atoms with van der Waals surface area (Å²) in [5.74, 6) is 0. The molecular formula is C6H3N3. The number of rotatable bonds is 0. The van der Waals surface area contributed by atoms with Crippen LogP contribution in [-0.2, 0) is 0 Å². The molecule has 0 bridgehead atoms. The van der Waals surface area contributed by atoms with Gasteiger partial charge in [0.15, 0.2) is 0 Å². The molecule has 0 N–H and O–H groups in total. The first-order valence-electron chi connectivity index (χ1n) is 2.14. The van der Waals surface area contributed by atoms with E-state index in [0.29, 0.717) is 0 Å². The highest BCUT2D eigenvalue weighted by atomic mass is 14.7. The van der Waals surface area contributed by atoms with E-state index < -0.39 is 0 Å². The van der Waals surface area contributed by atoms with Gasteiger partial charge in [-0.2, -0.15) is 5.26 Å². The third-order valence-corrected chi connectivity index (χ3v) is 0.741. The zero-order chi connectivity index (χ0) is 7.28. The van der Waals surface area contributed by atoms with E-state index >= 15 is 0 Å². The van der Waals surface area contributed by atoms with Crippen molar-refractivity contribution < 1.29 is 0 Å². The molecule has 0 aliphatic rings. The molecule has 42 valence electrons. The maximum atomic E-state index is 8.17. The smallest absolute Gasteiger partial charge is 0.226 e. The van der Waals surface area contributed by atoms with Crippen molar-refractivity contribution in [2.45, 2.75) is 6.92 Å². The number of hydrogen-bond donors (Lipinski definition) is 0. The maximum absolute atomic E-state index is 8.17. The van der Waals surface area contributed by atoms with Gasteiger partial charge in [0.2, 0.25) is 0 Å². The average molecular weight is 117 g/mol. The van der Waals surface area contributed by atoms with Gasteiger partial charge in [-0.1, -0.05) is 0 Å². The molecule has 0 aromatic carbocycles. The Labute approximate surface area is 53.3 Å². The Morgan fingerprint density at radius 3 is 2.11 bits per heavy atom. The van der Waals surface area contributed by atoms with Gasteiger partial charge in [-0.25, -0.2) is 10.1 Å². The van der Waals surface area contributed by atoms with Crippen LogP contribution in [-0.4, -0.2) is 0 Å². The first-order valence-corrected chi connectivity index (χ1v) is 2.14. The van der Waals surface area contributed by atoms with Crippen LogP contribution in [0.2, 0.25) is 0 Å². The van der Waals surface area contributed by atoms with E-state index in [1.54, 1.807) is 12.1 Å². The van der Waals surface area contributed by atoms with Gasteiger partial charge in [-0.05, 0) is 6.92 Å². The SMILES string of the molecule is [C-]#[N+]/C(C#N)=C(\C)C#N. The summed E-state index contributed by atoms with van der Waals surface area (Å²) >= 11 is 0. The molecule has 0 heterocycles. The second-order valence-electron chi connectivity index (χ2n) is 1.31. The first-order chi connectivity index (χ1) is 4.26. The first kappa shape index (κ1) is 7.21. The standard InChI is InChI=1S/C6H3N3/c1-5(3-7)6(4-8)9-2/h1H3/b6-5+. The molecule has 0 radical (unpaired) electrons. The van der Waals surface area contributed by atoms with Crippen LogP contribution >= 0.6 is 0 Å². The fourth-order valence-electron chi connectivity index (χ4n) is 0.246. The van der Waals surface area contributed by atoms with E-state index in [1.807, 2.05) is 0 Å². The van der Waals surface area contributed by atoms with E-state index in [1.165, 1.54) is 6.92 Å². The third kappa shape index (κ3) is 1.63. The van der Waals surface area contributed by atoms with Crippen LogP contribution in [0, 0.1) is 29.2 Å². The van der Waals surface area contributed by atoms with E-state index in [0.717, 1.165) is 0 Å². The molecule has 0 aliphatic carbocycles. The van der Waals surface area contributed by atoms with Crippen molar-refractivity contribution in [2.24, 2.45) is 0 Å². The molecule has 3 nitrogen and oxygen atoms in total. The molecule has 0 aliphatic heterocycles. The summed E-state index contributed by atoms with van der Waals surface area (Å²) < 4.78 is 0. The van der Waals surface area contributed by atoms with Gasteiger partial charge in [-0.3, -0.25) is 0 Å². The van der Waals surface area contributed by atoms with E-state index in [9.17, 15) is 0 Å². The van der Waals surface area contributed by atoms with Crippen molar-refractivity contribution >= 4 is 0 Å². The normalized spacial score (nSPS) is 10.0. The largest absolute Gasteiger partial charge is 0.275 e. The zero-order valence-corrected chi connectivity index (χ0v) is 4.84. The third-order valence-electron chi connectivity index (χ3n) is 0.741. The molecule has 0 spiro atoms. The van der Waals surface area contributed by atoms with Crippen molar-refractivity contribution in [1.29, 1.82) is 10.5 Å². The van der Waals surface area contributed by atoms with Gasteiger partial charge >= 0.3 is 0 Å². The summed E-state index contributed by atoms with van der Waals surface area (Å²) in [5.41, 5.74) is 0.0463. The summed E-state index contributed by atoms with van der Waals surface area (Å²) in [7, 11) is 0. The number of allylic oxidation sites excluding steroid dienone is 2. The van der Waals surface area contributed by atoms with Crippen molar-refractivity contribution in [3.8, 4) is 12.1 Å². The summed E-state index contributed by atoms with van der Waals surface area (Å²) in [5, 5.41) is 16.3. The topological polar surface area (TPSA) is 51.9 Å². The molecule has 3 heteroatoms. The Morgan fingerprint density at radius 1 is 1.44 bits per heavy atom. The Bertz CT molecular complexity index is 237. The Hall–Kier alpha value is -1.79. The highest BCUT2D eigenvalue weighted by Crippen LogP contribution is 2.01. The lowest BCUT2D eigenvalue weighted by molar-refractivity contribution is 1.39. The van der Waals surface area contributed by atoms with Crippen LogP contribution in [0.25, 0.3) is 4.85 Å². The molecule has 0 unspecified atom stereocenters. The quantitative estimate of drug-likeness (QED) is 0.354. The van der Waals surface area contributed by atoms with Gasteiger partial charge < -0.3 is 0 Å². The molecule has 0 aromatic rings. The predicted molar refractivity (Wildman–Crippen MR) is 30.5 cm³/mol. The van der Waals surface area contributed by atoms with Crippen LogP contribution in [0.3, 0.4) is 0 Å². The van der Waals surface area contributed by atoms with Gasteiger partial charge in [0.25, 0.3) is 5.70 Å². The fourth-order valence-corrected chi connectivity index (χ4v) is 0.246. The highest BCUT2D eigenvalue weighted by molar-refractivity contribution is 5.38. The number of nitrogens with zero attached hydrogens (tertiary/aromatic N) is 3. The number of nitriles is 2. The second kappa shape index (κ2) is 3.24. The lowest BCUT2D eigenvalue weighted by Crippen LogP contribution is -1.73. The Morgan fingerprint density at radius 2 is 2.00 bits per heavy atom. The molecule has 0 rings (SSSR count). The highest BCUT2D eigenvalue weighted by Gasteiger charge is 1.96. The summed E-state index contributed by atoms with van der Waals surface area (Å²) in [6.45, 7) is 7.83.